The Balaban J connectivity index is 1.37. The zero-order valence-electron chi connectivity index (χ0n) is 15.8. The predicted octanol–water partition coefficient (Wildman–Crippen LogP) is 1.60. The lowest BCUT2D eigenvalue weighted by atomic mass is 9.94. The number of carbonyl (C=O) groups excluding carboxylic acids is 1. The van der Waals surface area contributed by atoms with Gasteiger partial charge in [0.15, 0.2) is 5.82 Å². The lowest BCUT2D eigenvalue weighted by Gasteiger charge is -2.32. The Kier molecular flexibility index (Phi) is 4.80. The fraction of sp³-hybridized carbons (Fsp3) is 0.632. The molecule has 0 N–H and O–H groups in total. The van der Waals surface area contributed by atoms with Crippen LogP contribution in [0.5, 0.6) is 0 Å². The average molecular weight is 371 g/mol. The van der Waals surface area contributed by atoms with Crippen LogP contribution in [0.25, 0.3) is 0 Å². The highest BCUT2D eigenvalue weighted by atomic mass is 16.5. The van der Waals surface area contributed by atoms with Crippen LogP contribution >= 0.6 is 0 Å². The van der Waals surface area contributed by atoms with Crippen molar-refractivity contribution in [3.63, 3.8) is 0 Å². The molecule has 2 aromatic heterocycles. The molecule has 1 saturated carbocycles. The Morgan fingerprint density at radius 2 is 2.11 bits per heavy atom. The number of piperidine rings is 1. The van der Waals surface area contributed by atoms with Crippen LogP contribution < -0.4 is 5.56 Å². The Bertz CT molecular complexity index is 899. The minimum atomic E-state index is -0.150. The summed E-state index contributed by atoms with van der Waals surface area (Å²) in [6.45, 7) is 4.95. The van der Waals surface area contributed by atoms with E-state index in [0.29, 0.717) is 41.9 Å². The van der Waals surface area contributed by atoms with Crippen LogP contribution in [0.2, 0.25) is 0 Å². The van der Waals surface area contributed by atoms with Gasteiger partial charge in [0, 0.05) is 36.7 Å². The van der Waals surface area contributed by atoms with Crippen LogP contribution in [0.15, 0.2) is 15.6 Å². The first-order valence-corrected chi connectivity index (χ1v) is 9.64. The summed E-state index contributed by atoms with van der Waals surface area (Å²) in [6, 6.07) is 0. The highest BCUT2D eigenvalue weighted by molar-refractivity contribution is 5.76. The Morgan fingerprint density at radius 1 is 1.30 bits per heavy atom. The van der Waals surface area contributed by atoms with Crippen molar-refractivity contribution >= 4 is 5.91 Å². The van der Waals surface area contributed by atoms with E-state index in [-0.39, 0.29) is 18.0 Å². The van der Waals surface area contributed by atoms with Gasteiger partial charge in [-0.1, -0.05) is 5.16 Å². The van der Waals surface area contributed by atoms with Gasteiger partial charge in [0.05, 0.1) is 6.33 Å². The number of hydrogen-bond acceptors (Lipinski definition) is 6. The highest BCUT2D eigenvalue weighted by Gasteiger charge is 2.30. The SMILES string of the molecule is Cc1ncn(CC(=O)N2CCC[C@H](Cc3nc(C4CC4)no3)C2)c(=O)c1C. The van der Waals surface area contributed by atoms with Crippen molar-refractivity contribution in [3.8, 4) is 0 Å². The van der Waals surface area contributed by atoms with E-state index in [1.807, 2.05) is 4.90 Å². The summed E-state index contributed by atoms with van der Waals surface area (Å²) in [4.78, 5) is 35.5. The maximum absolute atomic E-state index is 12.7. The van der Waals surface area contributed by atoms with Crippen LogP contribution in [0.4, 0.5) is 0 Å². The molecule has 8 nitrogen and oxygen atoms in total. The van der Waals surface area contributed by atoms with E-state index in [1.54, 1.807) is 13.8 Å². The summed E-state index contributed by atoms with van der Waals surface area (Å²) in [5.74, 6) is 2.25. The number of carbonyl (C=O) groups is 1. The van der Waals surface area contributed by atoms with Crippen LogP contribution in [0.1, 0.15) is 54.6 Å². The first-order valence-electron chi connectivity index (χ1n) is 9.64. The van der Waals surface area contributed by atoms with Gasteiger partial charge in [-0.15, -0.1) is 0 Å². The maximum Gasteiger partial charge on any atom is 0.256 e. The van der Waals surface area contributed by atoms with Crippen LogP contribution in [-0.4, -0.2) is 43.6 Å². The van der Waals surface area contributed by atoms with Gasteiger partial charge in [-0.05, 0) is 45.4 Å². The van der Waals surface area contributed by atoms with E-state index < -0.39 is 0 Å². The van der Waals surface area contributed by atoms with Crippen molar-refractivity contribution in [1.29, 1.82) is 0 Å². The third-order valence-electron chi connectivity index (χ3n) is 5.58. The Hall–Kier alpha value is -2.51. The monoisotopic (exact) mass is 371 g/mol. The number of aryl methyl sites for hydroxylation is 1. The molecule has 27 heavy (non-hydrogen) atoms. The second-order valence-corrected chi connectivity index (χ2v) is 7.76. The van der Waals surface area contributed by atoms with Gasteiger partial charge in [0.2, 0.25) is 11.8 Å². The fourth-order valence-corrected chi connectivity index (χ4v) is 3.60. The molecule has 1 aliphatic carbocycles. The topological polar surface area (TPSA) is 94.1 Å². The molecule has 0 spiro atoms. The molecule has 0 aromatic carbocycles. The van der Waals surface area contributed by atoms with Gasteiger partial charge in [-0.25, -0.2) is 4.98 Å². The molecule has 0 bridgehead atoms. The summed E-state index contributed by atoms with van der Waals surface area (Å²) < 4.78 is 6.78. The normalized spacial score (nSPS) is 20.1. The van der Waals surface area contributed by atoms with E-state index in [2.05, 4.69) is 15.1 Å². The number of nitrogens with zero attached hydrogens (tertiary/aromatic N) is 5. The molecule has 1 aliphatic heterocycles. The summed E-state index contributed by atoms with van der Waals surface area (Å²) in [5, 5.41) is 4.07. The molecule has 0 unspecified atom stereocenters. The molecule has 3 heterocycles. The highest BCUT2D eigenvalue weighted by Crippen LogP contribution is 2.38. The molecule has 8 heteroatoms. The van der Waals surface area contributed by atoms with Gasteiger partial charge in [0.1, 0.15) is 6.54 Å². The quantitative estimate of drug-likeness (QED) is 0.792. The number of amides is 1. The van der Waals surface area contributed by atoms with Crippen molar-refractivity contribution < 1.29 is 9.32 Å². The van der Waals surface area contributed by atoms with Crippen molar-refractivity contribution in [1.82, 2.24) is 24.6 Å². The molecular weight excluding hydrogens is 346 g/mol. The Morgan fingerprint density at radius 3 is 2.89 bits per heavy atom. The van der Waals surface area contributed by atoms with Crippen LogP contribution in [0.3, 0.4) is 0 Å². The second kappa shape index (κ2) is 7.25. The molecule has 144 valence electrons. The molecule has 4 rings (SSSR count). The van der Waals surface area contributed by atoms with E-state index in [4.69, 9.17) is 4.52 Å². The minimum absolute atomic E-state index is 0.0338. The largest absolute Gasteiger partial charge is 0.341 e. The molecule has 2 aliphatic rings. The van der Waals surface area contributed by atoms with E-state index in [0.717, 1.165) is 38.1 Å². The first-order chi connectivity index (χ1) is 13.0. The molecule has 1 amide bonds. The smallest absolute Gasteiger partial charge is 0.256 e. The third-order valence-corrected chi connectivity index (χ3v) is 5.58. The molecule has 2 fully saturated rings. The molecular formula is C19H25N5O3. The number of rotatable bonds is 5. The molecule has 0 radical (unpaired) electrons. The fourth-order valence-electron chi connectivity index (χ4n) is 3.60. The van der Waals surface area contributed by atoms with Gasteiger partial charge < -0.3 is 9.42 Å². The van der Waals surface area contributed by atoms with Gasteiger partial charge in [-0.3, -0.25) is 14.2 Å². The predicted molar refractivity (Wildman–Crippen MR) is 97.3 cm³/mol. The average Bonchev–Trinajstić information content (AvgIpc) is 3.42. The lowest BCUT2D eigenvalue weighted by molar-refractivity contribution is -0.133. The Labute approximate surface area is 157 Å². The zero-order chi connectivity index (χ0) is 19.0. The lowest BCUT2D eigenvalue weighted by Crippen LogP contribution is -2.43. The van der Waals surface area contributed by atoms with Crippen molar-refractivity contribution in [2.24, 2.45) is 5.92 Å². The second-order valence-electron chi connectivity index (χ2n) is 7.76. The van der Waals surface area contributed by atoms with E-state index in [9.17, 15) is 9.59 Å². The number of likely N-dealkylation sites (tertiary alicyclic amines) is 1. The van der Waals surface area contributed by atoms with E-state index >= 15 is 0 Å². The zero-order valence-corrected chi connectivity index (χ0v) is 15.8. The third kappa shape index (κ3) is 3.94. The summed E-state index contributed by atoms with van der Waals surface area (Å²) in [6.07, 6.45) is 6.45. The van der Waals surface area contributed by atoms with Gasteiger partial charge in [-0.2, -0.15) is 4.98 Å². The molecule has 2 aromatic rings. The van der Waals surface area contributed by atoms with Crippen molar-refractivity contribution in [2.45, 2.75) is 58.4 Å². The minimum Gasteiger partial charge on any atom is -0.341 e. The van der Waals surface area contributed by atoms with Crippen LogP contribution in [-0.2, 0) is 17.8 Å². The first kappa shape index (κ1) is 17.9. The van der Waals surface area contributed by atoms with Gasteiger partial charge in [0.25, 0.3) is 5.56 Å². The van der Waals surface area contributed by atoms with Gasteiger partial charge >= 0.3 is 0 Å². The molecule has 1 atom stereocenters. The summed E-state index contributed by atoms with van der Waals surface area (Å²) >= 11 is 0. The summed E-state index contributed by atoms with van der Waals surface area (Å²) in [7, 11) is 0. The number of hydrogen-bond donors (Lipinski definition) is 0. The van der Waals surface area contributed by atoms with Crippen molar-refractivity contribution in [2.75, 3.05) is 13.1 Å². The van der Waals surface area contributed by atoms with Crippen LogP contribution in [0, 0.1) is 19.8 Å². The molecule has 1 saturated heterocycles. The summed E-state index contributed by atoms with van der Waals surface area (Å²) in [5.41, 5.74) is 1.14. The number of aromatic nitrogens is 4. The standard InChI is InChI=1S/C19H25N5O3/c1-12-13(2)20-11-24(19(12)26)10-17(25)23-7-3-4-14(9-23)8-16-21-18(22-27-16)15-5-6-15/h11,14-15H,3-10H2,1-2H3/t14-/m1/s1. The maximum atomic E-state index is 12.7. The van der Waals surface area contributed by atoms with E-state index in [1.165, 1.54) is 10.9 Å². The van der Waals surface area contributed by atoms with Crippen molar-refractivity contribution in [3.05, 3.63) is 39.7 Å².